The summed E-state index contributed by atoms with van der Waals surface area (Å²) in [6.07, 6.45) is -3.08. The molecular weight excluding hydrogens is 385 g/mol. The minimum atomic E-state index is -4.68. The summed E-state index contributed by atoms with van der Waals surface area (Å²) in [5, 5.41) is 1.48. The van der Waals surface area contributed by atoms with Crippen molar-refractivity contribution in [3.05, 3.63) is 73.9 Å². The Labute approximate surface area is 152 Å². The highest BCUT2D eigenvalue weighted by atomic mass is 32.1. The lowest BCUT2D eigenvalue weighted by atomic mass is 10.1. The summed E-state index contributed by atoms with van der Waals surface area (Å²) in [6.45, 7) is -0.0711. The van der Waals surface area contributed by atoms with E-state index >= 15 is 0 Å². The molecule has 0 fully saturated rings. The molecule has 1 aromatic carbocycles. The molecule has 0 spiro atoms. The van der Waals surface area contributed by atoms with Crippen molar-refractivity contribution in [1.82, 2.24) is 9.38 Å². The molecule has 0 unspecified atom stereocenters. The number of halogens is 3. The average Bonchev–Trinajstić information content (AvgIpc) is 3.07. The Balaban J connectivity index is 1.66. The Kier molecular flexibility index (Phi) is 3.99. The van der Waals surface area contributed by atoms with Crippen LogP contribution in [0.2, 0.25) is 0 Å². The first-order chi connectivity index (χ1) is 12.8. The normalized spacial score (nSPS) is 12.0. The number of thiazole rings is 1. The van der Waals surface area contributed by atoms with Gasteiger partial charge in [0.15, 0.2) is 4.96 Å². The summed E-state index contributed by atoms with van der Waals surface area (Å²) in [5.74, 6) is 0.179. The number of ether oxygens (including phenoxy) is 1. The predicted molar refractivity (Wildman–Crippen MR) is 91.2 cm³/mol. The number of aromatic nitrogens is 2. The lowest BCUT2D eigenvalue weighted by molar-refractivity contribution is -0.136. The molecule has 0 saturated carbocycles. The maximum absolute atomic E-state index is 13.1. The third-order valence-electron chi connectivity index (χ3n) is 3.76. The SMILES string of the molecule is O=c1cc(C(F)(F)F)c2ccc(OCc3cc(=O)n4ccsc4n3)cc2o1. The van der Waals surface area contributed by atoms with Crippen molar-refractivity contribution in [3.8, 4) is 5.75 Å². The Hall–Kier alpha value is -3.14. The molecule has 0 saturated heterocycles. The minimum absolute atomic E-state index is 0.0711. The molecule has 4 rings (SSSR count). The second-order valence-electron chi connectivity index (χ2n) is 5.56. The quantitative estimate of drug-likeness (QED) is 0.498. The van der Waals surface area contributed by atoms with Gasteiger partial charge in [0.2, 0.25) is 0 Å². The monoisotopic (exact) mass is 394 g/mol. The first-order valence-electron chi connectivity index (χ1n) is 7.55. The van der Waals surface area contributed by atoms with E-state index in [4.69, 9.17) is 9.15 Å². The molecule has 0 aliphatic carbocycles. The third-order valence-corrected chi connectivity index (χ3v) is 4.52. The van der Waals surface area contributed by atoms with E-state index in [0.717, 1.165) is 0 Å². The summed E-state index contributed by atoms with van der Waals surface area (Å²) in [6, 6.07) is 5.41. The van der Waals surface area contributed by atoms with Crippen molar-refractivity contribution in [3.63, 3.8) is 0 Å². The molecular formula is C17H9F3N2O4S. The summed E-state index contributed by atoms with van der Waals surface area (Å²) in [4.78, 5) is 28.1. The average molecular weight is 394 g/mol. The van der Waals surface area contributed by atoms with Gasteiger partial charge in [0.25, 0.3) is 5.56 Å². The minimum Gasteiger partial charge on any atom is -0.487 e. The fraction of sp³-hybridized carbons (Fsp3) is 0.118. The second kappa shape index (κ2) is 6.23. The van der Waals surface area contributed by atoms with Crippen LogP contribution in [0.4, 0.5) is 13.2 Å². The third kappa shape index (κ3) is 3.31. The van der Waals surface area contributed by atoms with E-state index in [9.17, 15) is 22.8 Å². The number of alkyl halides is 3. The van der Waals surface area contributed by atoms with Gasteiger partial charge in [-0.15, -0.1) is 11.3 Å². The highest BCUT2D eigenvalue weighted by Gasteiger charge is 2.33. The first-order valence-corrected chi connectivity index (χ1v) is 8.43. The Morgan fingerprint density at radius 1 is 1.19 bits per heavy atom. The van der Waals surface area contributed by atoms with Crippen molar-refractivity contribution < 1.29 is 22.3 Å². The van der Waals surface area contributed by atoms with Crippen molar-refractivity contribution >= 4 is 27.3 Å². The molecule has 0 radical (unpaired) electrons. The van der Waals surface area contributed by atoms with Crippen molar-refractivity contribution in [2.45, 2.75) is 12.8 Å². The van der Waals surface area contributed by atoms with Gasteiger partial charge in [-0.25, -0.2) is 9.78 Å². The summed E-state index contributed by atoms with van der Waals surface area (Å²) >= 11 is 1.28. The van der Waals surface area contributed by atoms with Gasteiger partial charge in [-0.2, -0.15) is 13.2 Å². The van der Waals surface area contributed by atoms with Gasteiger partial charge in [0, 0.05) is 35.2 Å². The molecule has 6 nitrogen and oxygen atoms in total. The van der Waals surface area contributed by atoms with Crippen LogP contribution in [-0.4, -0.2) is 9.38 Å². The van der Waals surface area contributed by atoms with Gasteiger partial charge < -0.3 is 9.15 Å². The van der Waals surface area contributed by atoms with E-state index < -0.39 is 17.4 Å². The second-order valence-corrected chi connectivity index (χ2v) is 6.44. The van der Waals surface area contributed by atoms with Crippen LogP contribution >= 0.6 is 11.3 Å². The zero-order valence-corrected chi connectivity index (χ0v) is 14.1. The maximum atomic E-state index is 13.1. The molecule has 3 aromatic heterocycles. The predicted octanol–water partition coefficient (Wildman–Crippen LogP) is 3.46. The highest BCUT2D eigenvalue weighted by Crippen LogP contribution is 2.34. The van der Waals surface area contributed by atoms with Gasteiger partial charge >= 0.3 is 11.8 Å². The van der Waals surface area contributed by atoms with Crippen LogP contribution < -0.4 is 15.9 Å². The molecule has 0 aliphatic rings. The van der Waals surface area contributed by atoms with Crippen LogP contribution in [0.15, 0.2) is 55.9 Å². The van der Waals surface area contributed by atoms with E-state index in [1.54, 1.807) is 11.6 Å². The largest absolute Gasteiger partial charge is 0.487 e. The molecule has 0 N–H and O–H groups in total. The first kappa shape index (κ1) is 17.3. The molecule has 3 heterocycles. The zero-order chi connectivity index (χ0) is 19.2. The molecule has 138 valence electrons. The van der Waals surface area contributed by atoms with Crippen LogP contribution in [0.3, 0.4) is 0 Å². The number of benzene rings is 1. The fourth-order valence-electron chi connectivity index (χ4n) is 2.59. The molecule has 27 heavy (non-hydrogen) atoms. The zero-order valence-electron chi connectivity index (χ0n) is 13.3. The highest BCUT2D eigenvalue weighted by molar-refractivity contribution is 7.15. The van der Waals surface area contributed by atoms with Crippen molar-refractivity contribution in [2.24, 2.45) is 0 Å². The number of fused-ring (bicyclic) bond motifs is 2. The van der Waals surface area contributed by atoms with Gasteiger partial charge in [-0.05, 0) is 12.1 Å². The van der Waals surface area contributed by atoms with E-state index in [1.807, 2.05) is 0 Å². The van der Waals surface area contributed by atoms with Crippen LogP contribution in [-0.2, 0) is 12.8 Å². The molecule has 10 heteroatoms. The topological polar surface area (TPSA) is 73.8 Å². The van der Waals surface area contributed by atoms with E-state index in [-0.39, 0.29) is 28.9 Å². The van der Waals surface area contributed by atoms with Crippen LogP contribution in [0.1, 0.15) is 11.3 Å². The Morgan fingerprint density at radius 2 is 2.00 bits per heavy atom. The van der Waals surface area contributed by atoms with E-state index in [1.165, 1.54) is 40.0 Å². The molecule has 0 amide bonds. The fourth-order valence-corrected chi connectivity index (χ4v) is 3.33. The standard InChI is InChI=1S/C17H9F3N2O4S/c18-17(19,20)12-7-15(24)26-13-6-10(1-2-11(12)13)25-8-9-5-14(23)22-3-4-27-16(22)21-9/h1-7H,8H2. The molecule has 0 aliphatic heterocycles. The van der Waals surface area contributed by atoms with Gasteiger partial charge in [0.1, 0.15) is 17.9 Å². The van der Waals surface area contributed by atoms with Crippen LogP contribution in [0.5, 0.6) is 5.75 Å². The maximum Gasteiger partial charge on any atom is 0.417 e. The lowest BCUT2D eigenvalue weighted by Crippen LogP contribution is -2.14. The molecule has 0 bridgehead atoms. The van der Waals surface area contributed by atoms with Gasteiger partial charge in [-0.1, -0.05) is 0 Å². The van der Waals surface area contributed by atoms with Crippen LogP contribution in [0.25, 0.3) is 15.9 Å². The van der Waals surface area contributed by atoms with Crippen molar-refractivity contribution in [1.29, 1.82) is 0 Å². The molecule has 4 aromatic rings. The summed E-state index contributed by atoms with van der Waals surface area (Å²) < 4.78 is 50.9. The number of hydrogen-bond donors (Lipinski definition) is 0. The number of nitrogens with zero attached hydrogens (tertiary/aromatic N) is 2. The molecule has 0 atom stereocenters. The van der Waals surface area contributed by atoms with E-state index in [0.29, 0.717) is 16.7 Å². The number of rotatable bonds is 3. The van der Waals surface area contributed by atoms with E-state index in [2.05, 4.69) is 4.98 Å². The lowest BCUT2D eigenvalue weighted by Gasteiger charge is -2.10. The number of hydrogen-bond acceptors (Lipinski definition) is 6. The van der Waals surface area contributed by atoms with Crippen molar-refractivity contribution in [2.75, 3.05) is 0 Å². The van der Waals surface area contributed by atoms with Gasteiger partial charge in [0.05, 0.1) is 11.3 Å². The smallest absolute Gasteiger partial charge is 0.417 e. The van der Waals surface area contributed by atoms with Gasteiger partial charge in [-0.3, -0.25) is 9.20 Å². The van der Waals surface area contributed by atoms with Crippen LogP contribution in [0, 0.1) is 0 Å². The Morgan fingerprint density at radius 3 is 2.78 bits per heavy atom. The Bertz CT molecular complexity index is 1270. The summed E-state index contributed by atoms with van der Waals surface area (Å²) in [7, 11) is 0. The summed E-state index contributed by atoms with van der Waals surface area (Å²) in [5.41, 5.74) is -2.32.